The van der Waals surface area contributed by atoms with Gasteiger partial charge in [0, 0.05) is 12.1 Å². The lowest BCUT2D eigenvalue weighted by molar-refractivity contribution is 0.102. The second kappa shape index (κ2) is 6.43. The van der Waals surface area contributed by atoms with Crippen LogP contribution in [0.3, 0.4) is 0 Å². The van der Waals surface area contributed by atoms with Gasteiger partial charge in [0.25, 0.3) is 5.91 Å². The molecule has 0 atom stereocenters. The first-order valence-corrected chi connectivity index (χ1v) is 6.48. The molecule has 0 aliphatic carbocycles. The van der Waals surface area contributed by atoms with Crippen LogP contribution in [0.5, 0.6) is 0 Å². The molecule has 0 spiro atoms. The molecule has 0 bridgehead atoms. The Morgan fingerprint density at radius 1 is 1.24 bits per heavy atom. The highest BCUT2D eigenvalue weighted by molar-refractivity contribution is 7.14. The van der Waals surface area contributed by atoms with Crippen molar-refractivity contribution in [3.8, 4) is 11.8 Å². The minimum Gasteiger partial charge on any atom is -0.384 e. The Morgan fingerprint density at radius 3 is 2.52 bits per heavy atom. The fourth-order valence-electron chi connectivity index (χ4n) is 1.49. The zero-order chi connectivity index (χ0) is 15.4. The first-order chi connectivity index (χ1) is 10.0. The molecule has 108 valence electrons. The van der Waals surface area contributed by atoms with E-state index in [2.05, 4.69) is 11.8 Å². The lowest BCUT2D eigenvalue weighted by Crippen LogP contribution is -2.13. The van der Waals surface area contributed by atoms with E-state index in [-0.39, 0.29) is 11.5 Å². The zero-order valence-corrected chi connectivity index (χ0v) is 11.2. The minimum absolute atomic E-state index is 0.181. The van der Waals surface area contributed by atoms with Crippen molar-refractivity contribution < 1.29 is 23.1 Å². The highest BCUT2D eigenvalue weighted by atomic mass is 32.1. The summed E-state index contributed by atoms with van der Waals surface area (Å²) in [6, 6.07) is 3.93. The zero-order valence-electron chi connectivity index (χ0n) is 10.4. The van der Waals surface area contributed by atoms with Crippen LogP contribution < -0.4 is 5.32 Å². The van der Waals surface area contributed by atoms with Crippen LogP contribution in [-0.4, -0.2) is 17.6 Å². The van der Waals surface area contributed by atoms with Crippen molar-refractivity contribution in [3.05, 3.63) is 51.5 Å². The monoisotopic (exact) mass is 311 g/mol. The standard InChI is InChI=1S/C14H8F3NO2S/c15-8-6-10(16)13(11(17)7-8)18-14(20)12-4-3-9(21-12)2-1-5-19/h3-4,6-7,19H,5H2,(H,18,20). The van der Waals surface area contributed by atoms with Crippen LogP contribution >= 0.6 is 11.3 Å². The van der Waals surface area contributed by atoms with E-state index >= 15 is 0 Å². The third-order valence-corrected chi connectivity index (χ3v) is 3.37. The highest BCUT2D eigenvalue weighted by Gasteiger charge is 2.16. The number of carbonyl (C=O) groups is 1. The smallest absolute Gasteiger partial charge is 0.265 e. The topological polar surface area (TPSA) is 49.3 Å². The molecule has 2 aromatic rings. The molecule has 0 radical (unpaired) electrons. The molecular formula is C14H8F3NO2S. The predicted molar refractivity (Wildman–Crippen MR) is 72.6 cm³/mol. The van der Waals surface area contributed by atoms with Crippen LogP contribution in [0, 0.1) is 29.3 Å². The van der Waals surface area contributed by atoms with Crippen molar-refractivity contribution in [2.24, 2.45) is 0 Å². The molecule has 21 heavy (non-hydrogen) atoms. The number of aliphatic hydroxyl groups is 1. The van der Waals surface area contributed by atoms with Crippen LogP contribution in [0.15, 0.2) is 24.3 Å². The van der Waals surface area contributed by atoms with Crippen molar-refractivity contribution in [1.29, 1.82) is 0 Å². The van der Waals surface area contributed by atoms with Crippen molar-refractivity contribution in [2.75, 3.05) is 11.9 Å². The SMILES string of the molecule is O=C(Nc1c(F)cc(F)cc1F)c1ccc(C#CCO)s1. The molecule has 0 aliphatic heterocycles. The summed E-state index contributed by atoms with van der Waals surface area (Å²) in [5.41, 5.74) is -0.710. The van der Waals surface area contributed by atoms with Crippen molar-refractivity contribution >= 4 is 22.9 Å². The van der Waals surface area contributed by atoms with Crippen LogP contribution in [0.1, 0.15) is 14.5 Å². The lowest BCUT2D eigenvalue weighted by atomic mass is 10.2. The molecule has 1 aromatic heterocycles. The average Bonchev–Trinajstić information content (AvgIpc) is 2.89. The van der Waals surface area contributed by atoms with Crippen molar-refractivity contribution in [2.45, 2.75) is 0 Å². The predicted octanol–water partition coefficient (Wildman–Crippen LogP) is 2.76. The number of rotatable bonds is 2. The van der Waals surface area contributed by atoms with Gasteiger partial charge in [-0.1, -0.05) is 11.8 Å². The summed E-state index contributed by atoms with van der Waals surface area (Å²) in [6.07, 6.45) is 0. The summed E-state index contributed by atoms with van der Waals surface area (Å²) < 4.78 is 39.6. The molecule has 1 aromatic carbocycles. The van der Waals surface area contributed by atoms with Crippen molar-refractivity contribution in [1.82, 2.24) is 0 Å². The number of thiophene rings is 1. The summed E-state index contributed by atoms with van der Waals surface area (Å²) >= 11 is 0.999. The van der Waals surface area contributed by atoms with Crippen LogP contribution in [-0.2, 0) is 0 Å². The van der Waals surface area contributed by atoms with Gasteiger partial charge in [-0.15, -0.1) is 11.3 Å². The van der Waals surface area contributed by atoms with Gasteiger partial charge < -0.3 is 10.4 Å². The largest absolute Gasteiger partial charge is 0.384 e. The molecule has 3 nitrogen and oxygen atoms in total. The molecule has 7 heteroatoms. The number of hydrogen-bond donors (Lipinski definition) is 2. The Bertz CT molecular complexity index is 723. The molecule has 0 saturated carbocycles. The first kappa shape index (κ1) is 15.1. The fourth-order valence-corrected chi connectivity index (χ4v) is 2.27. The first-order valence-electron chi connectivity index (χ1n) is 5.66. The minimum atomic E-state index is -1.20. The number of halogens is 3. The summed E-state index contributed by atoms with van der Waals surface area (Å²) in [5.74, 6) is 0.821. The number of aliphatic hydroxyl groups excluding tert-OH is 1. The van der Waals surface area contributed by atoms with E-state index < -0.39 is 29.0 Å². The molecule has 0 fully saturated rings. The maximum atomic E-state index is 13.4. The lowest BCUT2D eigenvalue weighted by Gasteiger charge is -2.06. The molecule has 1 amide bonds. The molecule has 0 saturated heterocycles. The van der Waals surface area contributed by atoms with Gasteiger partial charge in [-0.3, -0.25) is 4.79 Å². The van der Waals surface area contributed by atoms with Crippen LogP contribution in [0.2, 0.25) is 0 Å². The fraction of sp³-hybridized carbons (Fsp3) is 0.0714. The summed E-state index contributed by atoms with van der Waals surface area (Å²) in [7, 11) is 0. The number of carbonyl (C=O) groups excluding carboxylic acids is 1. The van der Waals surface area contributed by atoms with E-state index in [9.17, 15) is 18.0 Å². The number of benzene rings is 1. The molecule has 0 unspecified atom stereocenters. The summed E-state index contributed by atoms with van der Waals surface area (Å²) in [5, 5.41) is 10.6. The van der Waals surface area contributed by atoms with Crippen LogP contribution in [0.4, 0.5) is 18.9 Å². The van der Waals surface area contributed by atoms with E-state index in [1.807, 2.05) is 5.32 Å². The van der Waals surface area contributed by atoms with Gasteiger partial charge in [-0.2, -0.15) is 0 Å². The van der Waals surface area contributed by atoms with Gasteiger partial charge in [-0.25, -0.2) is 13.2 Å². The molecule has 1 heterocycles. The van der Waals surface area contributed by atoms with E-state index in [0.29, 0.717) is 17.0 Å². The van der Waals surface area contributed by atoms with E-state index in [4.69, 9.17) is 5.11 Å². The normalized spacial score (nSPS) is 9.90. The van der Waals surface area contributed by atoms with Gasteiger partial charge >= 0.3 is 0 Å². The Labute approximate surface area is 122 Å². The van der Waals surface area contributed by atoms with E-state index in [0.717, 1.165) is 11.3 Å². The average molecular weight is 311 g/mol. The number of hydrogen-bond acceptors (Lipinski definition) is 3. The Balaban J connectivity index is 2.20. The third kappa shape index (κ3) is 3.62. The van der Waals surface area contributed by atoms with Gasteiger partial charge in [-0.05, 0) is 12.1 Å². The molecule has 2 rings (SSSR count). The van der Waals surface area contributed by atoms with Crippen LogP contribution in [0.25, 0.3) is 0 Å². The summed E-state index contributed by atoms with van der Waals surface area (Å²) in [4.78, 5) is 12.6. The van der Waals surface area contributed by atoms with Crippen molar-refractivity contribution in [3.63, 3.8) is 0 Å². The second-order valence-electron chi connectivity index (χ2n) is 3.82. The second-order valence-corrected chi connectivity index (χ2v) is 4.91. The number of nitrogens with one attached hydrogen (secondary N) is 1. The maximum absolute atomic E-state index is 13.4. The number of amides is 1. The Hall–Kier alpha value is -2.30. The quantitative estimate of drug-likeness (QED) is 0.838. The Kier molecular flexibility index (Phi) is 4.62. The number of anilines is 1. The van der Waals surface area contributed by atoms with Gasteiger partial charge in [0.15, 0.2) is 11.6 Å². The van der Waals surface area contributed by atoms with Gasteiger partial charge in [0.05, 0.1) is 9.75 Å². The highest BCUT2D eigenvalue weighted by Crippen LogP contribution is 2.22. The Morgan fingerprint density at radius 2 is 1.90 bits per heavy atom. The summed E-state index contributed by atoms with van der Waals surface area (Å²) in [6.45, 7) is -0.314. The van der Waals surface area contributed by atoms with Gasteiger partial charge in [0.1, 0.15) is 18.1 Å². The maximum Gasteiger partial charge on any atom is 0.265 e. The molecule has 2 N–H and O–H groups in total. The molecule has 0 aliphatic rings. The van der Waals surface area contributed by atoms with E-state index in [1.165, 1.54) is 6.07 Å². The third-order valence-electron chi connectivity index (χ3n) is 2.37. The molecular weight excluding hydrogens is 303 g/mol. The van der Waals surface area contributed by atoms with Gasteiger partial charge in [0.2, 0.25) is 0 Å². The van der Waals surface area contributed by atoms with E-state index in [1.54, 1.807) is 6.07 Å².